The van der Waals surface area contributed by atoms with Crippen LogP contribution in [0.1, 0.15) is 18.4 Å². The van der Waals surface area contributed by atoms with Crippen LogP contribution in [-0.2, 0) is 9.53 Å². The van der Waals surface area contributed by atoms with Gasteiger partial charge in [-0.25, -0.2) is 4.39 Å². The number of hydrogen-bond acceptors (Lipinski definition) is 3. The van der Waals surface area contributed by atoms with Gasteiger partial charge in [0.1, 0.15) is 5.82 Å². The molecule has 1 amide bonds. The molecule has 130 valence electrons. The van der Waals surface area contributed by atoms with Gasteiger partial charge in [-0.05, 0) is 37.1 Å². The lowest BCUT2D eigenvalue weighted by Crippen LogP contribution is -2.50. The van der Waals surface area contributed by atoms with Crippen molar-refractivity contribution in [2.75, 3.05) is 39.3 Å². The lowest BCUT2D eigenvalue weighted by Gasteiger charge is -2.35. The van der Waals surface area contributed by atoms with Gasteiger partial charge in [-0.3, -0.25) is 9.69 Å². The number of hydrogen-bond donors (Lipinski definition) is 0. The summed E-state index contributed by atoms with van der Waals surface area (Å²) in [7, 11) is 0. The summed E-state index contributed by atoms with van der Waals surface area (Å²) in [4.78, 5) is 16.5. The second-order valence-electron chi connectivity index (χ2n) is 6.26. The first-order valence-corrected chi connectivity index (χ1v) is 9.17. The first-order chi connectivity index (χ1) is 11.6. The average Bonchev–Trinajstić information content (AvgIpc) is 3.09. The van der Waals surface area contributed by atoms with Gasteiger partial charge in [0.15, 0.2) is 0 Å². The third kappa shape index (κ3) is 4.65. The van der Waals surface area contributed by atoms with Gasteiger partial charge in [0.05, 0.1) is 6.10 Å². The molecule has 2 aliphatic rings. The molecule has 0 spiro atoms. The van der Waals surface area contributed by atoms with Gasteiger partial charge in [-0.1, -0.05) is 15.9 Å². The molecule has 0 bridgehead atoms. The van der Waals surface area contributed by atoms with Crippen LogP contribution < -0.4 is 0 Å². The fraction of sp³-hybridized carbons (Fsp3) is 0.500. The van der Waals surface area contributed by atoms with Gasteiger partial charge in [0, 0.05) is 55.4 Å². The lowest BCUT2D eigenvalue weighted by atomic mass is 10.2. The minimum Gasteiger partial charge on any atom is -0.377 e. The number of piperazine rings is 1. The molecule has 2 fully saturated rings. The molecule has 0 unspecified atom stereocenters. The maximum absolute atomic E-state index is 13.7. The van der Waals surface area contributed by atoms with Crippen molar-refractivity contribution < 1.29 is 13.9 Å². The fourth-order valence-electron chi connectivity index (χ4n) is 3.14. The molecule has 0 aliphatic carbocycles. The number of benzene rings is 1. The fourth-order valence-corrected chi connectivity index (χ4v) is 3.51. The van der Waals surface area contributed by atoms with Gasteiger partial charge in [0.25, 0.3) is 0 Å². The van der Waals surface area contributed by atoms with Crippen LogP contribution >= 0.6 is 15.9 Å². The summed E-state index contributed by atoms with van der Waals surface area (Å²) < 4.78 is 20.1. The molecule has 0 saturated carbocycles. The van der Waals surface area contributed by atoms with Crippen LogP contribution in [0.5, 0.6) is 0 Å². The van der Waals surface area contributed by atoms with Crippen LogP contribution in [0.2, 0.25) is 0 Å². The van der Waals surface area contributed by atoms with E-state index in [0.717, 1.165) is 43.6 Å². The number of carbonyl (C=O) groups is 1. The monoisotopic (exact) mass is 396 g/mol. The highest BCUT2D eigenvalue weighted by Gasteiger charge is 2.24. The highest BCUT2D eigenvalue weighted by molar-refractivity contribution is 9.10. The number of amides is 1. The van der Waals surface area contributed by atoms with E-state index in [1.165, 1.54) is 12.1 Å². The van der Waals surface area contributed by atoms with E-state index < -0.39 is 0 Å². The van der Waals surface area contributed by atoms with Crippen LogP contribution in [0, 0.1) is 5.82 Å². The third-order valence-corrected chi connectivity index (χ3v) is 5.03. The molecule has 1 atom stereocenters. The van der Waals surface area contributed by atoms with E-state index in [1.54, 1.807) is 18.2 Å². The molecule has 2 heterocycles. The molecular formula is C18H22BrFN2O2. The number of ether oxygens (including phenoxy) is 1. The minimum absolute atomic E-state index is 0.0638. The van der Waals surface area contributed by atoms with Crippen LogP contribution in [0.4, 0.5) is 4.39 Å². The summed E-state index contributed by atoms with van der Waals surface area (Å²) in [6, 6.07) is 4.69. The Morgan fingerprint density at radius 3 is 2.83 bits per heavy atom. The number of nitrogens with zero attached hydrogens (tertiary/aromatic N) is 2. The predicted molar refractivity (Wildman–Crippen MR) is 95.1 cm³/mol. The van der Waals surface area contributed by atoms with E-state index >= 15 is 0 Å². The predicted octanol–water partition coefficient (Wildman–Crippen LogP) is 2.92. The van der Waals surface area contributed by atoms with E-state index in [1.807, 2.05) is 4.90 Å². The van der Waals surface area contributed by atoms with Crippen LogP contribution in [-0.4, -0.2) is 61.1 Å². The molecular weight excluding hydrogens is 375 g/mol. The highest BCUT2D eigenvalue weighted by atomic mass is 79.9. The Balaban J connectivity index is 1.49. The van der Waals surface area contributed by atoms with Gasteiger partial charge < -0.3 is 9.64 Å². The molecule has 0 radical (unpaired) electrons. The summed E-state index contributed by atoms with van der Waals surface area (Å²) in [5, 5.41) is 0. The van der Waals surface area contributed by atoms with Crippen LogP contribution in [0.15, 0.2) is 28.7 Å². The molecule has 6 heteroatoms. The zero-order valence-corrected chi connectivity index (χ0v) is 15.2. The van der Waals surface area contributed by atoms with Crippen molar-refractivity contribution in [3.63, 3.8) is 0 Å². The van der Waals surface area contributed by atoms with Gasteiger partial charge in [-0.2, -0.15) is 0 Å². The Kier molecular flexibility index (Phi) is 6.03. The minimum atomic E-state index is -0.330. The molecule has 1 aromatic carbocycles. The number of halogens is 2. The summed E-state index contributed by atoms with van der Waals surface area (Å²) in [6.07, 6.45) is 5.65. The molecule has 1 aromatic rings. The zero-order chi connectivity index (χ0) is 16.9. The van der Waals surface area contributed by atoms with Crippen molar-refractivity contribution >= 4 is 27.9 Å². The maximum Gasteiger partial charge on any atom is 0.246 e. The second-order valence-corrected chi connectivity index (χ2v) is 7.18. The Hall–Kier alpha value is -1.24. The summed E-state index contributed by atoms with van der Waals surface area (Å²) in [5.41, 5.74) is 0.412. The summed E-state index contributed by atoms with van der Waals surface area (Å²) >= 11 is 3.31. The SMILES string of the molecule is O=C(/C=C\c1cc(Br)ccc1F)N1CCN(C[C@H]2CCCO2)CC1. The third-order valence-electron chi connectivity index (χ3n) is 4.53. The highest BCUT2D eigenvalue weighted by Crippen LogP contribution is 2.17. The summed E-state index contributed by atoms with van der Waals surface area (Å²) in [5.74, 6) is -0.394. The largest absolute Gasteiger partial charge is 0.377 e. The molecule has 3 rings (SSSR count). The average molecular weight is 397 g/mol. The first kappa shape index (κ1) is 17.6. The van der Waals surface area contributed by atoms with Crippen molar-refractivity contribution in [3.8, 4) is 0 Å². The van der Waals surface area contributed by atoms with Gasteiger partial charge >= 0.3 is 0 Å². The lowest BCUT2D eigenvalue weighted by molar-refractivity contribution is -0.127. The normalized spacial score (nSPS) is 22.4. The number of rotatable bonds is 4. The molecule has 0 aromatic heterocycles. The Labute approximate surface area is 150 Å². The molecule has 4 nitrogen and oxygen atoms in total. The molecule has 0 N–H and O–H groups in total. The Morgan fingerprint density at radius 1 is 1.33 bits per heavy atom. The standard InChI is InChI=1S/C18H22BrFN2O2/c19-15-4-5-17(20)14(12-15)3-6-18(23)22-9-7-21(8-10-22)13-16-2-1-11-24-16/h3-6,12,16H,1-2,7-11,13H2/b6-3-/t16-/m1/s1. The van der Waals surface area contributed by atoms with E-state index in [9.17, 15) is 9.18 Å². The molecule has 2 aliphatic heterocycles. The van der Waals surface area contributed by atoms with E-state index in [0.29, 0.717) is 24.8 Å². The summed E-state index contributed by atoms with van der Waals surface area (Å²) in [6.45, 7) is 4.98. The van der Waals surface area contributed by atoms with Crippen LogP contribution in [0.3, 0.4) is 0 Å². The smallest absolute Gasteiger partial charge is 0.246 e. The quantitative estimate of drug-likeness (QED) is 0.733. The Morgan fingerprint density at radius 2 is 2.12 bits per heavy atom. The van der Waals surface area contributed by atoms with Crippen molar-refractivity contribution in [1.82, 2.24) is 9.80 Å². The Bertz CT molecular complexity index is 609. The van der Waals surface area contributed by atoms with Crippen molar-refractivity contribution in [2.45, 2.75) is 18.9 Å². The second kappa shape index (κ2) is 8.23. The van der Waals surface area contributed by atoms with E-state index in [4.69, 9.17) is 4.74 Å². The molecule has 2 saturated heterocycles. The first-order valence-electron chi connectivity index (χ1n) is 8.38. The number of carbonyl (C=O) groups excluding carboxylic acids is 1. The van der Waals surface area contributed by atoms with Crippen molar-refractivity contribution in [1.29, 1.82) is 0 Å². The molecule has 24 heavy (non-hydrogen) atoms. The van der Waals surface area contributed by atoms with Crippen LogP contribution in [0.25, 0.3) is 6.08 Å². The van der Waals surface area contributed by atoms with Gasteiger partial charge in [-0.15, -0.1) is 0 Å². The van der Waals surface area contributed by atoms with Gasteiger partial charge in [0.2, 0.25) is 5.91 Å². The maximum atomic E-state index is 13.7. The van der Waals surface area contributed by atoms with E-state index in [2.05, 4.69) is 20.8 Å². The zero-order valence-electron chi connectivity index (χ0n) is 13.6. The van der Waals surface area contributed by atoms with Crippen molar-refractivity contribution in [3.05, 3.63) is 40.1 Å². The van der Waals surface area contributed by atoms with E-state index in [-0.39, 0.29) is 11.7 Å². The van der Waals surface area contributed by atoms with Crippen molar-refractivity contribution in [2.24, 2.45) is 0 Å². The topological polar surface area (TPSA) is 32.8 Å².